The van der Waals surface area contributed by atoms with Crippen molar-refractivity contribution in [2.24, 2.45) is 0 Å². The summed E-state index contributed by atoms with van der Waals surface area (Å²) in [5.74, 6) is 1.98. The summed E-state index contributed by atoms with van der Waals surface area (Å²) in [4.78, 5) is 4.33. The van der Waals surface area contributed by atoms with Gasteiger partial charge in [-0.15, -0.1) is 0 Å². The molecular formula is C13H13FN2O2S. The molecule has 4 nitrogen and oxygen atoms in total. The molecule has 1 aliphatic heterocycles. The van der Waals surface area contributed by atoms with E-state index in [2.05, 4.69) is 10.1 Å². The molecule has 1 fully saturated rings. The predicted octanol–water partition coefficient (Wildman–Crippen LogP) is 2.38. The lowest BCUT2D eigenvalue weighted by molar-refractivity contribution is 0.164. The molecule has 1 aromatic heterocycles. The standard InChI is InChI=1S/C13H13FN2O2S/c1-7-4-8(14)2-3-9(7)12-15-13(18-16-12)10-5-19-6-11(10)17/h2-4,10-11,17H,5-6H2,1H3. The summed E-state index contributed by atoms with van der Waals surface area (Å²) in [5, 5.41) is 13.7. The van der Waals surface area contributed by atoms with Crippen molar-refractivity contribution >= 4 is 11.8 Å². The Bertz CT molecular complexity index is 602. The summed E-state index contributed by atoms with van der Waals surface area (Å²) in [6.07, 6.45) is -0.437. The highest BCUT2D eigenvalue weighted by Gasteiger charge is 2.32. The zero-order chi connectivity index (χ0) is 13.4. The van der Waals surface area contributed by atoms with Gasteiger partial charge in [0.25, 0.3) is 0 Å². The monoisotopic (exact) mass is 280 g/mol. The molecule has 2 aromatic rings. The fraction of sp³-hybridized carbons (Fsp3) is 0.385. The van der Waals surface area contributed by atoms with Gasteiger partial charge in [0.15, 0.2) is 0 Å². The molecule has 0 bridgehead atoms. The van der Waals surface area contributed by atoms with Crippen molar-refractivity contribution in [1.82, 2.24) is 10.1 Å². The molecule has 0 spiro atoms. The van der Waals surface area contributed by atoms with Gasteiger partial charge in [0.2, 0.25) is 11.7 Å². The Morgan fingerprint density at radius 1 is 1.42 bits per heavy atom. The number of nitrogens with zero attached hydrogens (tertiary/aromatic N) is 2. The summed E-state index contributed by atoms with van der Waals surface area (Å²) < 4.78 is 18.3. The predicted molar refractivity (Wildman–Crippen MR) is 70.5 cm³/mol. The molecule has 6 heteroatoms. The normalized spacial score (nSPS) is 22.9. The smallest absolute Gasteiger partial charge is 0.233 e. The second-order valence-electron chi connectivity index (χ2n) is 4.63. The van der Waals surface area contributed by atoms with Crippen molar-refractivity contribution in [3.63, 3.8) is 0 Å². The van der Waals surface area contributed by atoms with Crippen LogP contribution in [0.5, 0.6) is 0 Å². The Labute approximate surface area is 114 Å². The lowest BCUT2D eigenvalue weighted by Gasteiger charge is -2.06. The van der Waals surface area contributed by atoms with Gasteiger partial charge in [-0.25, -0.2) is 4.39 Å². The zero-order valence-electron chi connectivity index (χ0n) is 10.3. The fourth-order valence-corrected chi connectivity index (χ4v) is 3.38. The van der Waals surface area contributed by atoms with Gasteiger partial charge in [-0.05, 0) is 30.7 Å². The van der Waals surface area contributed by atoms with Crippen LogP contribution in [0, 0.1) is 12.7 Å². The minimum Gasteiger partial charge on any atom is -0.391 e. The Kier molecular flexibility index (Phi) is 3.28. The molecule has 2 atom stereocenters. The topological polar surface area (TPSA) is 59.2 Å². The average Bonchev–Trinajstić information content (AvgIpc) is 2.97. The molecule has 100 valence electrons. The Balaban J connectivity index is 1.92. The highest BCUT2D eigenvalue weighted by molar-refractivity contribution is 7.99. The number of benzene rings is 1. The lowest BCUT2D eigenvalue weighted by atomic mass is 10.1. The number of aliphatic hydroxyl groups excluding tert-OH is 1. The van der Waals surface area contributed by atoms with Gasteiger partial charge in [-0.3, -0.25) is 0 Å². The second-order valence-corrected chi connectivity index (χ2v) is 5.70. The summed E-state index contributed by atoms with van der Waals surface area (Å²) in [6, 6.07) is 4.45. The highest BCUT2D eigenvalue weighted by atomic mass is 32.2. The lowest BCUT2D eigenvalue weighted by Crippen LogP contribution is -2.15. The third-order valence-corrected chi connectivity index (χ3v) is 4.41. The number of thioether (sulfide) groups is 1. The van der Waals surface area contributed by atoms with Crippen LogP contribution >= 0.6 is 11.8 Å². The maximum Gasteiger partial charge on any atom is 0.233 e. The van der Waals surface area contributed by atoms with E-state index >= 15 is 0 Å². The maximum absolute atomic E-state index is 13.1. The summed E-state index contributed by atoms with van der Waals surface area (Å²) >= 11 is 1.67. The van der Waals surface area contributed by atoms with E-state index in [1.807, 2.05) is 0 Å². The van der Waals surface area contributed by atoms with Crippen LogP contribution < -0.4 is 0 Å². The van der Waals surface area contributed by atoms with Crippen molar-refractivity contribution in [1.29, 1.82) is 0 Å². The van der Waals surface area contributed by atoms with Gasteiger partial charge < -0.3 is 9.63 Å². The van der Waals surface area contributed by atoms with Gasteiger partial charge in [0.1, 0.15) is 5.82 Å². The SMILES string of the molecule is Cc1cc(F)ccc1-c1noc(C2CSCC2O)n1. The molecule has 1 aliphatic rings. The van der Waals surface area contributed by atoms with E-state index in [0.29, 0.717) is 17.5 Å². The van der Waals surface area contributed by atoms with E-state index in [1.165, 1.54) is 12.1 Å². The molecule has 2 heterocycles. The summed E-state index contributed by atoms with van der Waals surface area (Å²) in [7, 11) is 0. The van der Waals surface area contributed by atoms with Crippen LogP contribution in [-0.4, -0.2) is 32.9 Å². The first-order valence-corrected chi connectivity index (χ1v) is 7.16. The first-order chi connectivity index (χ1) is 9.15. The minimum atomic E-state index is -0.437. The number of hydrogen-bond acceptors (Lipinski definition) is 5. The van der Waals surface area contributed by atoms with Gasteiger partial charge in [-0.2, -0.15) is 16.7 Å². The van der Waals surface area contributed by atoms with Crippen LogP contribution in [0.4, 0.5) is 4.39 Å². The molecule has 19 heavy (non-hydrogen) atoms. The first kappa shape index (κ1) is 12.6. The third kappa shape index (κ3) is 2.37. The van der Waals surface area contributed by atoms with Crippen molar-refractivity contribution in [2.75, 3.05) is 11.5 Å². The Hall–Kier alpha value is -1.40. The molecule has 0 aliphatic carbocycles. The van der Waals surface area contributed by atoms with E-state index in [1.54, 1.807) is 24.8 Å². The average molecular weight is 280 g/mol. The third-order valence-electron chi connectivity index (χ3n) is 3.24. The van der Waals surface area contributed by atoms with Crippen LogP contribution in [0.3, 0.4) is 0 Å². The van der Waals surface area contributed by atoms with Gasteiger partial charge >= 0.3 is 0 Å². The molecule has 1 saturated heterocycles. The number of hydrogen-bond donors (Lipinski definition) is 1. The van der Waals surface area contributed by atoms with Crippen LogP contribution in [0.25, 0.3) is 11.4 Å². The van der Waals surface area contributed by atoms with E-state index in [0.717, 1.165) is 16.9 Å². The molecule has 2 unspecified atom stereocenters. The second kappa shape index (κ2) is 4.94. The van der Waals surface area contributed by atoms with Gasteiger partial charge in [-0.1, -0.05) is 5.16 Å². The van der Waals surface area contributed by atoms with Gasteiger partial charge in [0, 0.05) is 17.1 Å². The summed E-state index contributed by atoms with van der Waals surface area (Å²) in [6.45, 7) is 1.80. The molecule has 0 radical (unpaired) electrons. The molecular weight excluding hydrogens is 267 g/mol. The van der Waals surface area contributed by atoms with Crippen molar-refractivity contribution in [2.45, 2.75) is 18.9 Å². The minimum absolute atomic E-state index is 0.105. The number of aromatic nitrogens is 2. The first-order valence-electron chi connectivity index (χ1n) is 6.01. The molecule has 1 N–H and O–H groups in total. The van der Waals surface area contributed by atoms with E-state index < -0.39 is 6.10 Å². The Morgan fingerprint density at radius 2 is 2.26 bits per heavy atom. The van der Waals surface area contributed by atoms with Crippen molar-refractivity contribution in [3.05, 3.63) is 35.5 Å². The highest BCUT2D eigenvalue weighted by Crippen LogP contribution is 2.33. The van der Waals surface area contributed by atoms with E-state index in [-0.39, 0.29) is 11.7 Å². The van der Waals surface area contributed by atoms with Crippen LogP contribution in [0.2, 0.25) is 0 Å². The van der Waals surface area contributed by atoms with E-state index in [9.17, 15) is 9.50 Å². The van der Waals surface area contributed by atoms with Crippen molar-refractivity contribution in [3.8, 4) is 11.4 Å². The van der Waals surface area contributed by atoms with Crippen LogP contribution in [0.1, 0.15) is 17.4 Å². The number of halogens is 1. The number of aliphatic hydroxyl groups is 1. The van der Waals surface area contributed by atoms with Crippen LogP contribution in [-0.2, 0) is 0 Å². The largest absolute Gasteiger partial charge is 0.391 e. The van der Waals surface area contributed by atoms with Gasteiger partial charge in [0.05, 0.1) is 12.0 Å². The fourth-order valence-electron chi connectivity index (χ4n) is 2.15. The van der Waals surface area contributed by atoms with Crippen LogP contribution in [0.15, 0.2) is 22.7 Å². The molecule has 0 saturated carbocycles. The molecule has 1 aromatic carbocycles. The summed E-state index contributed by atoms with van der Waals surface area (Å²) in [5.41, 5.74) is 1.50. The van der Waals surface area contributed by atoms with Crippen molar-refractivity contribution < 1.29 is 14.0 Å². The number of rotatable bonds is 2. The maximum atomic E-state index is 13.1. The Morgan fingerprint density at radius 3 is 2.95 bits per heavy atom. The molecule has 0 amide bonds. The quantitative estimate of drug-likeness (QED) is 0.915. The van der Waals surface area contributed by atoms with E-state index in [4.69, 9.17) is 4.52 Å². The molecule has 3 rings (SSSR count). The number of aryl methyl sites for hydroxylation is 1. The zero-order valence-corrected chi connectivity index (χ0v) is 11.2.